The van der Waals surface area contributed by atoms with Crippen LogP contribution in [0.3, 0.4) is 0 Å². The van der Waals surface area contributed by atoms with Crippen LogP contribution in [0.2, 0.25) is 0 Å². The normalized spacial score (nSPS) is 12.8. The maximum Gasteiger partial charge on any atom is -0.0248 e. The Bertz CT molecular complexity index is 299. The number of aryl methyl sites for hydroxylation is 2. The Balaban J connectivity index is 2.73. The zero-order valence-electron chi connectivity index (χ0n) is 10.6. The first kappa shape index (κ1) is 12.3. The average molecular weight is 204 g/mol. The van der Waals surface area contributed by atoms with Gasteiger partial charge in [0.1, 0.15) is 0 Å². The Hall–Kier alpha value is -0.780. The maximum atomic E-state index is 2.35. The second-order valence-electron chi connectivity index (χ2n) is 4.70. The van der Waals surface area contributed by atoms with E-state index in [0.717, 1.165) is 5.92 Å². The van der Waals surface area contributed by atoms with Crippen LogP contribution in [0, 0.1) is 19.8 Å². The molecule has 0 aromatic heterocycles. The molecule has 0 fully saturated rings. The van der Waals surface area contributed by atoms with Crippen LogP contribution in [-0.2, 0) is 6.42 Å². The molecule has 0 spiro atoms. The van der Waals surface area contributed by atoms with Gasteiger partial charge in [-0.25, -0.2) is 0 Å². The van der Waals surface area contributed by atoms with Crippen LogP contribution in [0.4, 0.5) is 0 Å². The highest BCUT2D eigenvalue weighted by Crippen LogP contribution is 2.20. The Morgan fingerprint density at radius 1 is 1.13 bits per heavy atom. The van der Waals surface area contributed by atoms with Crippen molar-refractivity contribution in [3.63, 3.8) is 0 Å². The third-order valence-electron chi connectivity index (χ3n) is 3.29. The third kappa shape index (κ3) is 3.70. The molecule has 0 N–H and O–H groups in total. The van der Waals surface area contributed by atoms with Gasteiger partial charge in [0.2, 0.25) is 0 Å². The summed E-state index contributed by atoms with van der Waals surface area (Å²) in [5.74, 6) is 0.871. The molecule has 0 heterocycles. The fraction of sp³-hybridized carbons (Fsp3) is 0.600. The lowest BCUT2D eigenvalue weighted by Crippen LogP contribution is -2.04. The lowest BCUT2D eigenvalue weighted by Gasteiger charge is -2.15. The van der Waals surface area contributed by atoms with Crippen LogP contribution < -0.4 is 0 Å². The number of rotatable bonds is 5. The minimum absolute atomic E-state index is 0.871. The predicted octanol–water partition coefficient (Wildman–Crippen LogP) is 4.67. The van der Waals surface area contributed by atoms with Crippen molar-refractivity contribution in [3.8, 4) is 0 Å². The number of hydrogen-bond donors (Lipinski definition) is 0. The minimum atomic E-state index is 0.871. The van der Waals surface area contributed by atoms with Crippen LogP contribution >= 0.6 is 0 Å². The second-order valence-corrected chi connectivity index (χ2v) is 4.70. The van der Waals surface area contributed by atoms with Gasteiger partial charge < -0.3 is 0 Å². The van der Waals surface area contributed by atoms with E-state index in [9.17, 15) is 0 Å². The summed E-state index contributed by atoms with van der Waals surface area (Å²) >= 11 is 0. The van der Waals surface area contributed by atoms with Crippen molar-refractivity contribution in [2.75, 3.05) is 0 Å². The van der Waals surface area contributed by atoms with E-state index >= 15 is 0 Å². The van der Waals surface area contributed by atoms with E-state index in [-0.39, 0.29) is 0 Å². The first-order chi connectivity index (χ1) is 7.17. The van der Waals surface area contributed by atoms with Gasteiger partial charge in [-0.1, -0.05) is 56.9 Å². The van der Waals surface area contributed by atoms with Gasteiger partial charge in [0, 0.05) is 0 Å². The first-order valence-electron chi connectivity index (χ1n) is 6.23. The Kier molecular flexibility index (Phi) is 4.87. The largest absolute Gasteiger partial charge is 0.0654 e. The molecule has 1 rings (SSSR count). The van der Waals surface area contributed by atoms with Gasteiger partial charge in [-0.05, 0) is 37.3 Å². The summed E-state index contributed by atoms with van der Waals surface area (Å²) in [6.07, 6.45) is 5.24. The number of hydrogen-bond acceptors (Lipinski definition) is 0. The number of benzene rings is 1. The fourth-order valence-corrected chi connectivity index (χ4v) is 2.19. The van der Waals surface area contributed by atoms with E-state index in [4.69, 9.17) is 0 Å². The minimum Gasteiger partial charge on any atom is -0.0654 e. The summed E-state index contributed by atoms with van der Waals surface area (Å²) in [6.45, 7) is 9.01. The lowest BCUT2D eigenvalue weighted by atomic mass is 9.90. The molecule has 0 nitrogen and oxygen atoms in total. The summed E-state index contributed by atoms with van der Waals surface area (Å²) in [6, 6.07) is 6.82. The Morgan fingerprint density at radius 3 is 2.47 bits per heavy atom. The highest BCUT2D eigenvalue weighted by atomic mass is 14.1. The molecule has 1 atom stereocenters. The summed E-state index contributed by atoms with van der Waals surface area (Å²) in [5, 5.41) is 0. The standard InChI is InChI=1S/C15H24/c1-5-7-14(6-2)11-15-10-12(3)8-9-13(15)4/h8-10,14H,5-7,11H2,1-4H3. The molecule has 0 aliphatic rings. The summed E-state index contributed by atoms with van der Waals surface area (Å²) < 4.78 is 0. The van der Waals surface area contributed by atoms with Gasteiger partial charge in [-0.3, -0.25) is 0 Å². The van der Waals surface area contributed by atoms with Crippen LogP contribution in [0.5, 0.6) is 0 Å². The van der Waals surface area contributed by atoms with E-state index in [1.165, 1.54) is 36.8 Å². The average Bonchev–Trinajstić information content (AvgIpc) is 2.22. The molecule has 0 saturated carbocycles. The van der Waals surface area contributed by atoms with Gasteiger partial charge in [-0.15, -0.1) is 0 Å². The van der Waals surface area contributed by atoms with Crippen LogP contribution in [0.15, 0.2) is 18.2 Å². The molecule has 0 aliphatic carbocycles. The van der Waals surface area contributed by atoms with Gasteiger partial charge in [0.15, 0.2) is 0 Å². The van der Waals surface area contributed by atoms with Crippen molar-refractivity contribution in [1.29, 1.82) is 0 Å². The molecular weight excluding hydrogens is 180 g/mol. The monoisotopic (exact) mass is 204 g/mol. The quantitative estimate of drug-likeness (QED) is 0.653. The molecule has 15 heavy (non-hydrogen) atoms. The smallest absolute Gasteiger partial charge is 0.0248 e. The predicted molar refractivity (Wildman–Crippen MR) is 68.3 cm³/mol. The van der Waals surface area contributed by atoms with Gasteiger partial charge in [0.05, 0.1) is 0 Å². The lowest BCUT2D eigenvalue weighted by molar-refractivity contribution is 0.461. The molecule has 1 unspecified atom stereocenters. The van der Waals surface area contributed by atoms with Crippen molar-refractivity contribution in [2.24, 2.45) is 5.92 Å². The summed E-state index contributed by atoms with van der Waals surface area (Å²) in [7, 11) is 0. The van der Waals surface area contributed by atoms with E-state index < -0.39 is 0 Å². The van der Waals surface area contributed by atoms with E-state index in [1.807, 2.05) is 0 Å². The SMILES string of the molecule is CCCC(CC)Cc1cc(C)ccc1C. The summed E-state index contributed by atoms with van der Waals surface area (Å²) in [5.41, 5.74) is 4.40. The first-order valence-corrected chi connectivity index (χ1v) is 6.23. The zero-order valence-corrected chi connectivity index (χ0v) is 10.6. The van der Waals surface area contributed by atoms with Gasteiger partial charge in [0.25, 0.3) is 0 Å². The molecule has 1 aromatic carbocycles. The molecule has 84 valence electrons. The molecule has 0 aliphatic heterocycles. The molecule has 0 saturated heterocycles. The second kappa shape index (κ2) is 5.95. The molecule has 0 bridgehead atoms. The molecule has 0 radical (unpaired) electrons. The van der Waals surface area contributed by atoms with Crippen molar-refractivity contribution in [1.82, 2.24) is 0 Å². The summed E-state index contributed by atoms with van der Waals surface area (Å²) in [4.78, 5) is 0. The zero-order chi connectivity index (χ0) is 11.3. The molecule has 1 aromatic rings. The van der Waals surface area contributed by atoms with E-state index in [0.29, 0.717) is 0 Å². The van der Waals surface area contributed by atoms with E-state index in [2.05, 4.69) is 45.9 Å². The Labute approximate surface area is 94.7 Å². The topological polar surface area (TPSA) is 0 Å². The fourth-order valence-electron chi connectivity index (χ4n) is 2.19. The van der Waals surface area contributed by atoms with Gasteiger partial charge in [-0.2, -0.15) is 0 Å². The molecule has 0 amide bonds. The van der Waals surface area contributed by atoms with Gasteiger partial charge >= 0.3 is 0 Å². The van der Waals surface area contributed by atoms with Crippen molar-refractivity contribution >= 4 is 0 Å². The highest BCUT2D eigenvalue weighted by Gasteiger charge is 2.08. The van der Waals surface area contributed by atoms with Crippen LogP contribution in [0.25, 0.3) is 0 Å². The van der Waals surface area contributed by atoms with E-state index in [1.54, 1.807) is 5.56 Å². The maximum absolute atomic E-state index is 2.35. The molecule has 0 heteroatoms. The third-order valence-corrected chi connectivity index (χ3v) is 3.29. The van der Waals surface area contributed by atoms with Crippen molar-refractivity contribution < 1.29 is 0 Å². The molecular formula is C15H24. The highest BCUT2D eigenvalue weighted by molar-refractivity contribution is 5.30. The van der Waals surface area contributed by atoms with Crippen molar-refractivity contribution in [2.45, 2.75) is 53.4 Å². The van der Waals surface area contributed by atoms with Crippen LogP contribution in [0.1, 0.15) is 49.8 Å². The van der Waals surface area contributed by atoms with Crippen molar-refractivity contribution in [3.05, 3.63) is 34.9 Å². The Morgan fingerprint density at radius 2 is 1.87 bits per heavy atom. The van der Waals surface area contributed by atoms with Crippen LogP contribution in [-0.4, -0.2) is 0 Å².